The first-order valence-electron chi connectivity index (χ1n) is 3.49. The van der Waals surface area contributed by atoms with E-state index < -0.39 is 18.5 Å². The minimum atomic E-state index is -1.19. The van der Waals surface area contributed by atoms with Gasteiger partial charge in [0.25, 0.3) is 0 Å². The monoisotopic (exact) mass is 219 g/mol. The molecule has 1 heterocycles. The number of halogens is 1. The lowest BCUT2D eigenvalue weighted by Gasteiger charge is -2.00. The number of hydrogen-bond acceptors (Lipinski definition) is 4. The van der Waals surface area contributed by atoms with E-state index in [4.69, 9.17) is 21.1 Å². The zero-order chi connectivity index (χ0) is 10.6. The summed E-state index contributed by atoms with van der Waals surface area (Å²) in [6.45, 7) is -0.625. The Hall–Kier alpha value is -1.53. The van der Waals surface area contributed by atoms with Crippen LogP contribution in [0.3, 0.4) is 0 Å². The first-order valence-corrected chi connectivity index (χ1v) is 3.86. The standard InChI is InChI=1S/C7H6ClNO5/c8-5-2-1-4(14-5)7(12)9-13-3-6(10)11/h1-2H,3H2,(H,9,12)(H,10,11). The maximum Gasteiger partial charge on any atom is 0.332 e. The lowest BCUT2D eigenvalue weighted by atomic mass is 10.4. The average Bonchev–Trinajstić information content (AvgIpc) is 2.51. The van der Waals surface area contributed by atoms with Gasteiger partial charge in [-0.15, -0.1) is 0 Å². The lowest BCUT2D eigenvalue weighted by molar-refractivity contribution is -0.144. The molecule has 0 atom stereocenters. The van der Waals surface area contributed by atoms with Crippen molar-refractivity contribution in [2.45, 2.75) is 0 Å². The number of carboxylic acids is 1. The fraction of sp³-hybridized carbons (Fsp3) is 0.143. The van der Waals surface area contributed by atoms with Crippen LogP contribution in [0.15, 0.2) is 16.5 Å². The van der Waals surface area contributed by atoms with Gasteiger partial charge in [-0.3, -0.25) is 9.63 Å². The van der Waals surface area contributed by atoms with Crippen molar-refractivity contribution in [2.24, 2.45) is 0 Å². The molecule has 0 unspecified atom stereocenters. The normalized spacial score (nSPS) is 9.79. The van der Waals surface area contributed by atoms with E-state index in [1.807, 2.05) is 5.48 Å². The molecule has 7 heteroatoms. The van der Waals surface area contributed by atoms with E-state index in [9.17, 15) is 9.59 Å². The minimum absolute atomic E-state index is 0.0552. The maximum absolute atomic E-state index is 11.1. The van der Waals surface area contributed by atoms with Gasteiger partial charge in [0.15, 0.2) is 17.6 Å². The molecule has 14 heavy (non-hydrogen) atoms. The van der Waals surface area contributed by atoms with Crippen molar-refractivity contribution in [3.8, 4) is 0 Å². The zero-order valence-electron chi connectivity index (χ0n) is 6.82. The van der Waals surface area contributed by atoms with Gasteiger partial charge in [0.2, 0.25) is 0 Å². The van der Waals surface area contributed by atoms with Gasteiger partial charge < -0.3 is 9.52 Å². The van der Waals surface area contributed by atoms with E-state index in [0.29, 0.717) is 0 Å². The molecule has 0 aromatic carbocycles. The van der Waals surface area contributed by atoms with Crippen LogP contribution in [0.25, 0.3) is 0 Å². The van der Waals surface area contributed by atoms with E-state index in [-0.39, 0.29) is 11.0 Å². The third kappa shape index (κ3) is 3.08. The quantitative estimate of drug-likeness (QED) is 0.727. The van der Waals surface area contributed by atoms with Gasteiger partial charge in [-0.05, 0) is 23.7 Å². The molecule has 0 saturated heterocycles. The fourth-order valence-corrected chi connectivity index (χ4v) is 0.796. The average molecular weight is 220 g/mol. The number of carboxylic acid groups (broad SMARTS) is 1. The van der Waals surface area contributed by atoms with Crippen molar-refractivity contribution in [3.05, 3.63) is 23.1 Å². The molecule has 1 rings (SSSR count). The third-order valence-corrected chi connectivity index (χ3v) is 1.36. The van der Waals surface area contributed by atoms with Crippen molar-refractivity contribution in [3.63, 3.8) is 0 Å². The number of carbonyl (C=O) groups is 2. The van der Waals surface area contributed by atoms with E-state index >= 15 is 0 Å². The van der Waals surface area contributed by atoms with E-state index in [2.05, 4.69) is 4.84 Å². The molecule has 2 N–H and O–H groups in total. The summed E-state index contributed by atoms with van der Waals surface area (Å²) in [4.78, 5) is 25.4. The molecule has 0 saturated carbocycles. The van der Waals surface area contributed by atoms with Crippen molar-refractivity contribution in [2.75, 3.05) is 6.61 Å². The number of furan rings is 1. The highest BCUT2D eigenvalue weighted by Crippen LogP contribution is 2.12. The summed E-state index contributed by atoms with van der Waals surface area (Å²) >= 11 is 5.41. The van der Waals surface area contributed by atoms with Crippen LogP contribution in [0.2, 0.25) is 5.22 Å². The first-order chi connectivity index (χ1) is 6.59. The summed E-state index contributed by atoms with van der Waals surface area (Å²) < 4.78 is 4.73. The van der Waals surface area contributed by atoms with Crippen LogP contribution in [0.5, 0.6) is 0 Å². The Kier molecular flexibility index (Phi) is 3.49. The second kappa shape index (κ2) is 4.64. The Morgan fingerprint density at radius 1 is 1.57 bits per heavy atom. The summed E-state index contributed by atoms with van der Waals surface area (Å²) in [7, 11) is 0. The number of hydrogen-bond donors (Lipinski definition) is 2. The number of aliphatic carboxylic acids is 1. The lowest BCUT2D eigenvalue weighted by Crippen LogP contribution is -2.26. The molecule has 0 bridgehead atoms. The number of amides is 1. The highest BCUT2D eigenvalue weighted by atomic mass is 35.5. The number of carbonyl (C=O) groups excluding carboxylic acids is 1. The molecule has 1 amide bonds. The molecule has 76 valence electrons. The summed E-state index contributed by atoms with van der Waals surface area (Å²) in [6.07, 6.45) is 0. The smallest absolute Gasteiger partial charge is 0.332 e. The Morgan fingerprint density at radius 3 is 2.79 bits per heavy atom. The predicted octanol–water partition coefficient (Wildman–Crippen LogP) is 0.679. The van der Waals surface area contributed by atoms with E-state index in [1.165, 1.54) is 12.1 Å². The van der Waals surface area contributed by atoms with Gasteiger partial charge in [0.05, 0.1) is 0 Å². The van der Waals surface area contributed by atoms with Crippen LogP contribution in [-0.4, -0.2) is 23.6 Å². The Balaban J connectivity index is 2.39. The van der Waals surface area contributed by atoms with Crippen molar-refractivity contribution < 1.29 is 24.0 Å². The molecule has 0 radical (unpaired) electrons. The fourth-order valence-electron chi connectivity index (χ4n) is 0.650. The van der Waals surface area contributed by atoms with Gasteiger partial charge >= 0.3 is 11.9 Å². The molecule has 1 aromatic rings. The van der Waals surface area contributed by atoms with Gasteiger partial charge in [0.1, 0.15) is 0 Å². The van der Waals surface area contributed by atoms with Gasteiger partial charge in [0, 0.05) is 0 Å². The van der Waals surface area contributed by atoms with Crippen LogP contribution < -0.4 is 5.48 Å². The Bertz CT molecular complexity index is 348. The summed E-state index contributed by atoms with van der Waals surface area (Å²) in [5.41, 5.74) is 1.87. The van der Waals surface area contributed by atoms with Crippen molar-refractivity contribution >= 4 is 23.5 Å². The highest BCUT2D eigenvalue weighted by molar-refractivity contribution is 6.29. The molecule has 0 spiro atoms. The van der Waals surface area contributed by atoms with Crippen molar-refractivity contribution in [1.82, 2.24) is 5.48 Å². The topological polar surface area (TPSA) is 88.8 Å². The van der Waals surface area contributed by atoms with Crippen molar-refractivity contribution in [1.29, 1.82) is 0 Å². The molecule has 1 aromatic heterocycles. The highest BCUT2D eigenvalue weighted by Gasteiger charge is 2.10. The van der Waals surface area contributed by atoms with E-state index in [0.717, 1.165) is 0 Å². The molecule has 0 fully saturated rings. The van der Waals surface area contributed by atoms with E-state index in [1.54, 1.807) is 0 Å². The summed E-state index contributed by atoms with van der Waals surface area (Å²) in [5, 5.41) is 8.24. The van der Waals surface area contributed by atoms with Crippen LogP contribution in [-0.2, 0) is 9.63 Å². The molecule has 0 aliphatic carbocycles. The number of hydroxylamine groups is 1. The second-order valence-corrected chi connectivity index (χ2v) is 2.59. The van der Waals surface area contributed by atoms with Gasteiger partial charge in [-0.2, -0.15) is 0 Å². The second-order valence-electron chi connectivity index (χ2n) is 2.22. The molecule has 0 aliphatic rings. The predicted molar refractivity (Wildman–Crippen MR) is 44.8 cm³/mol. The summed E-state index contributed by atoms with van der Waals surface area (Å²) in [6, 6.07) is 2.72. The SMILES string of the molecule is O=C(O)CONC(=O)c1ccc(Cl)o1. The largest absolute Gasteiger partial charge is 0.479 e. The molecular formula is C7H6ClNO5. The third-order valence-electron chi connectivity index (χ3n) is 1.16. The molecule has 6 nitrogen and oxygen atoms in total. The van der Waals surface area contributed by atoms with Crippen LogP contribution in [0.4, 0.5) is 0 Å². The number of nitrogens with one attached hydrogen (secondary N) is 1. The van der Waals surface area contributed by atoms with Crippen LogP contribution in [0.1, 0.15) is 10.6 Å². The summed E-state index contributed by atoms with van der Waals surface area (Å²) in [5.74, 6) is -1.94. The minimum Gasteiger partial charge on any atom is -0.479 e. The van der Waals surface area contributed by atoms with Gasteiger partial charge in [-0.25, -0.2) is 10.3 Å². The van der Waals surface area contributed by atoms with Crippen LogP contribution in [0, 0.1) is 0 Å². The van der Waals surface area contributed by atoms with Gasteiger partial charge in [-0.1, -0.05) is 0 Å². The molecular weight excluding hydrogens is 214 g/mol. The Morgan fingerprint density at radius 2 is 2.29 bits per heavy atom. The Labute approximate surface area is 83.4 Å². The maximum atomic E-state index is 11.1. The van der Waals surface area contributed by atoms with Crippen LogP contribution >= 0.6 is 11.6 Å². The zero-order valence-corrected chi connectivity index (χ0v) is 7.58. The number of rotatable bonds is 4. The molecule has 0 aliphatic heterocycles. The first kappa shape index (κ1) is 10.6.